The van der Waals surface area contributed by atoms with Crippen LogP contribution < -0.4 is 15.4 Å². The molecule has 0 spiro atoms. The van der Waals surface area contributed by atoms with Crippen LogP contribution in [0.1, 0.15) is 20.8 Å². The predicted molar refractivity (Wildman–Crippen MR) is 102 cm³/mol. The summed E-state index contributed by atoms with van der Waals surface area (Å²) in [7, 11) is 3.99. The van der Waals surface area contributed by atoms with Gasteiger partial charge in [0.25, 0.3) is 0 Å². The highest BCUT2D eigenvalue weighted by molar-refractivity contribution is 6.30. The number of likely N-dealkylation sites (N-methyl/N-ethyl adjacent to an activating group) is 1. The average molecular weight is 365 g/mol. The van der Waals surface area contributed by atoms with Crippen LogP contribution in [0.5, 0.6) is 5.88 Å². The second-order valence-electron chi connectivity index (χ2n) is 6.06. The van der Waals surface area contributed by atoms with Crippen LogP contribution in [0.15, 0.2) is 24.2 Å². The molecule has 2 aromatic heterocycles. The molecule has 0 unspecified atom stereocenters. The molecule has 2 heterocycles. The molecule has 2 rings (SSSR count). The summed E-state index contributed by atoms with van der Waals surface area (Å²) in [6.45, 7) is 7.25. The number of anilines is 1. The van der Waals surface area contributed by atoms with Crippen molar-refractivity contribution in [2.45, 2.75) is 26.9 Å². The summed E-state index contributed by atoms with van der Waals surface area (Å²) >= 11 is 6.13. The Balaban J connectivity index is 2.32. The number of halogens is 1. The molecule has 25 heavy (non-hydrogen) atoms. The lowest BCUT2D eigenvalue weighted by Gasteiger charge is -2.20. The van der Waals surface area contributed by atoms with Crippen molar-refractivity contribution in [2.75, 3.05) is 32.6 Å². The summed E-state index contributed by atoms with van der Waals surface area (Å²) in [4.78, 5) is 15.0. The van der Waals surface area contributed by atoms with Gasteiger partial charge in [0.1, 0.15) is 28.8 Å². The molecule has 0 aliphatic carbocycles. The second-order valence-corrected chi connectivity index (χ2v) is 6.45. The minimum Gasteiger partial charge on any atom is -0.473 e. The highest BCUT2D eigenvalue weighted by Crippen LogP contribution is 2.30. The molecule has 8 heteroatoms. The third-order valence-electron chi connectivity index (χ3n) is 3.55. The average Bonchev–Trinajstić information content (AvgIpc) is 2.53. The molecule has 0 saturated carbocycles. The van der Waals surface area contributed by atoms with E-state index < -0.39 is 0 Å². The van der Waals surface area contributed by atoms with Crippen molar-refractivity contribution in [1.29, 1.82) is 0 Å². The van der Waals surface area contributed by atoms with Gasteiger partial charge in [0, 0.05) is 18.3 Å². The maximum absolute atomic E-state index is 6.13. The molecule has 136 valence electrons. The Morgan fingerprint density at radius 1 is 1.40 bits per heavy atom. The van der Waals surface area contributed by atoms with E-state index in [1.165, 1.54) is 6.33 Å². The molecule has 7 nitrogen and oxygen atoms in total. The molecule has 0 bridgehead atoms. The van der Waals surface area contributed by atoms with Gasteiger partial charge in [0.05, 0.1) is 12.2 Å². The van der Waals surface area contributed by atoms with Crippen LogP contribution in [0.3, 0.4) is 0 Å². The number of ether oxygens (including phenoxy) is 1. The standard InChI is InChI=1S/C17H25ClN6O/c1-6-11(2)19-9-21-16-15-13(20-10-22-16)7-14(18)23-17(15)25-12(3)8-24(4)5/h6-7,10,12,19H,8-9H2,1-5H3,(H,20,21,22)/b11-6+/t12-/m1/s1. The van der Waals surface area contributed by atoms with Gasteiger partial charge in [0.2, 0.25) is 5.88 Å². The maximum Gasteiger partial charge on any atom is 0.228 e. The van der Waals surface area contributed by atoms with E-state index in [1.807, 2.05) is 40.9 Å². The van der Waals surface area contributed by atoms with Gasteiger partial charge in [-0.25, -0.2) is 15.0 Å². The topological polar surface area (TPSA) is 75.2 Å². The smallest absolute Gasteiger partial charge is 0.228 e. The molecule has 0 radical (unpaired) electrons. The molecule has 2 aromatic rings. The number of fused-ring (bicyclic) bond motifs is 1. The first-order chi connectivity index (χ1) is 11.9. The highest BCUT2D eigenvalue weighted by atomic mass is 35.5. The lowest BCUT2D eigenvalue weighted by molar-refractivity contribution is 0.173. The van der Waals surface area contributed by atoms with Crippen molar-refractivity contribution in [3.8, 4) is 5.88 Å². The van der Waals surface area contributed by atoms with E-state index in [-0.39, 0.29) is 6.10 Å². The van der Waals surface area contributed by atoms with Crippen molar-refractivity contribution in [2.24, 2.45) is 0 Å². The zero-order valence-corrected chi connectivity index (χ0v) is 16.1. The predicted octanol–water partition coefficient (Wildman–Crippen LogP) is 2.89. The van der Waals surface area contributed by atoms with Crippen molar-refractivity contribution in [3.63, 3.8) is 0 Å². The number of hydrogen-bond donors (Lipinski definition) is 2. The van der Waals surface area contributed by atoms with Crippen molar-refractivity contribution < 1.29 is 4.74 Å². The first-order valence-corrected chi connectivity index (χ1v) is 8.51. The fourth-order valence-corrected chi connectivity index (χ4v) is 2.53. The molecule has 2 N–H and O–H groups in total. The summed E-state index contributed by atoms with van der Waals surface area (Å²) in [5.41, 5.74) is 1.76. The third-order valence-corrected chi connectivity index (χ3v) is 3.74. The third kappa shape index (κ3) is 5.44. The zero-order chi connectivity index (χ0) is 18.4. The molecule has 0 saturated heterocycles. The molecular formula is C17H25ClN6O. The number of aromatic nitrogens is 3. The van der Waals surface area contributed by atoms with Gasteiger partial charge in [0.15, 0.2) is 0 Å². The van der Waals surface area contributed by atoms with E-state index in [0.29, 0.717) is 29.0 Å². The first-order valence-electron chi connectivity index (χ1n) is 8.14. The normalized spacial score (nSPS) is 13.2. The second kappa shape index (κ2) is 8.82. The Kier molecular flexibility index (Phi) is 6.78. The van der Waals surface area contributed by atoms with Crippen LogP contribution in [-0.2, 0) is 0 Å². The lowest BCUT2D eigenvalue weighted by atomic mass is 10.2. The fraction of sp³-hybridized carbons (Fsp3) is 0.471. The minimum atomic E-state index is -0.0550. The van der Waals surface area contributed by atoms with Crippen LogP contribution in [0, 0.1) is 0 Å². The highest BCUT2D eigenvalue weighted by Gasteiger charge is 2.16. The van der Waals surface area contributed by atoms with Crippen LogP contribution >= 0.6 is 11.6 Å². The first kappa shape index (κ1) is 19.2. The van der Waals surface area contributed by atoms with Gasteiger partial charge in [-0.3, -0.25) is 0 Å². The summed E-state index contributed by atoms with van der Waals surface area (Å²) in [6, 6.07) is 1.71. The molecule has 0 fully saturated rings. The van der Waals surface area contributed by atoms with Crippen LogP contribution in [-0.4, -0.2) is 53.3 Å². The molecule has 0 aliphatic rings. The number of allylic oxidation sites excluding steroid dienone is 2. The van der Waals surface area contributed by atoms with Crippen LogP contribution in [0.4, 0.5) is 5.82 Å². The van der Waals surface area contributed by atoms with Gasteiger partial charge in [-0.1, -0.05) is 17.7 Å². The molecule has 0 amide bonds. The Bertz CT molecular complexity index is 749. The Morgan fingerprint density at radius 2 is 2.16 bits per heavy atom. The number of nitrogens with zero attached hydrogens (tertiary/aromatic N) is 4. The largest absolute Gasteiger partial charge is 0.473 e. The van der Waals surface area contributed by atoms with E-state index in [2.05, 4.69) is 30.5 Å². The van der Waals surface area contributed by atoms with Crippen LogP contribution in [0.25, 0.3) is 10.9 Å². The van der Waals surface area contributed by atoms with Crippen molar-refractivity contribution in [1.82, 2.24) is 25.2 Å². The van der Waals surface area contributed by atoms with Gasteiger partial charge in [-0.2, -0.15) is 0 Å². The maximum atomic E-state index is 6.13. The zero-order valence-electron chi connectivity index (χ0n) is 15.3. The van der Waals surface area contributed by atoms with Crippen molar-refractivity contribution in [3.05, 3.63) is 29.3 Å². The lowest BCUT2D eigenvalue weighted by Crippen LogP contribution is -2.28. The number of hydrogen-bond acceptors (Lipinski definition) is 7. The fourth-order valence-electron chi connectivity index (χ4n) is 2.35. The van der Waals surface area contributed by atoms with E-state index in [4.69, 9.17) is 16.3 Å². The number of pyridine rings is 1. The van der Waals surface area contributed by atoms with E-state index in [0.717, 1.165) is 17.6 Å². The van der Waals surface area contributed by atoms with Crippen molar-refractivity contribution >= 4 is 28.3 Å². The molecular weight excluding hydrogens is 340 g/mol. The number of nitrogens with one attached hydrogen (secondary N) is 2. The van der Waals surface area contributed by atoms with E-state index in [9.17, 15) is 0 Å². The summed E-state index contributed by atoms with van der Waals surface area (Å²) in [6.07, 6.45) is 3.44. The Morgan fingerprint density at radius 3 is 2.84 bits per heavy atom. The molecule has 0 aromatic carbocycles. The Hall–Kier alpha value is -2.12. The molecule has 0 aliphatic heterocycles. The SMILES string of the molecule is C/C=C(\C)NCNc1ncnc2cc(Cl)nc(O[C@H](C)CN(C)C)c12. The molecule has 1 atom stereocenters. The summed E-state index contributed by atoms with van der Waals surface area (Å²) in [5, 5.41) is 7.55. The minimum absolute atomic E-state index is 0.0550. The van der Waals surface area contributed by atoms with Gasteiger partial charge in [-0.15, -0.1) is 0 Å². The van der Waals surface area contributed by atoms with Gasteiger partial charge >= 0.3 is 0 Å². The number of rotatable bonds is 8. The van der Waals surface area contributed by atoms with Gasteiger partial charge in [-0.05, 0) is 34.9 Å². The van der Waals surface area contributed by atoms with Gasteiger partial charge < -0.3 is 20.3 Å². The Labute approximate surface area is 153 Å². The van der Waals surface area contributed by atoms with Crippen LogP contribution in [0.2, 0.25) is 5.15 Å². The van der Waals surface area contributed by atoms with E-state index >= 15 is 0 Å². The quantitative estimate of drug-likeness (QED) is 0.551. The van der Waals surface area contributed by atoms with E-state index in [1.54, 1.807) is 6.07 Å². The summed E-state index contributed by atoms with van der Waals surface area (Å²) in [5.74, 6) is 1.08. The monoisotopic (exact) mass is 364 g/mol. The summed E-state index contributed by atoms with van der Waals surface area (Å²) < 4.78 is 6.02.